The van der Waals surface area contributed by atoms with Crippen molar-refractivity contribution in [2.45, 2.75) is 20.5 Å². The summed E-state index contributed by atoms with van der Waals surface area (Å²) in [6, 6.07) is 12.6. The summed E-state index contributed by atoms with van der Waals surface area (Å²) < 4.78 is 11.3. The molecule has 0 aromatic heterocycles. The smallest absolute Gasteiger partial charge is 0.361 e. The standard InChI is InChI=1S/C19H20ClNO4/c1-4-16(21-23-3)19(22)25-18-8-6-5-7-14(18)12-24-17-10-9-15(20)11-13(17)2/h4-11,21H,12H2,1-3H3. The minimum atomic E-state index is -0.542. The number of esters is 1. The number of hydroxylamine groups is 1. The molecular formula is C19H20ClNO4. The Morgan fingerprint density at radius 2 is 1.96 bits per heavy atom. The predicted octanol–water partition coefficient (Wildman–Crippen LogP) is 4.19. The normalized spacial score (nSPS) is 11.1. The molecule has 0 radical (unpaired) electrons. The molecular weight excluding hydrogens is 342 g/mol. The van der Waals surface area contributed by atoms with Crippen LogP contribution < -0.4 is 15.0 Å². The van der Waals surface area contributed by atoms with Gasteiger partial charge in [-0.25, -0.2) is 4.79 Å². The Balaban J connectivity index is 2.11. The number of carbonyl (C=O) groups excluding carboxylic acids is 1. The molecule has 0 saturated carbocycles. The quantitative estimate of drug-likeness (QED) is 0.347. The first-order chi connectivity index (χ1) is 12.0. The lowest BCUT2D eigenvalue weighted by atomic mass is 10.2. The van der Waals surface area contributed by atoms with Crippen molar-refractivity contribution in [3.05, 3.63) is 70.4 Å². The molecule has 0 spiro atoms. The van der Waals surface area contributed by atoms with Crippen LogP contribution in [0.1, 0.15) is 18.1 Å². The monoisotopic (exact) mass is 361 g/mol. The molecule has 0 heterocycles. The zero-order valence-corrected chi connectivity index (χ0v) is 15.1. The van der Waals surface area contributed by atoms with Gasteiger partial charge in [-0.1, -0.05) is 35.9 Å². The molecule has 0 saturated heterocycles. The molecule has 1 N–H and O–H groups in total. The number of para-hydroxylation sites is 1. The second-order valence-electron chi connectivity index (χ2n) is 5.20. The van der Waals surface area contributed by atoms with Crippen LogP contribution in [0.25, 0.3) is 0 Å². The Bertz CT molecular complexity index is 774. The van der Waals surface area contributed by atoms with Gasteiger partial charge in [-0.3, -0.25) is 10.3 Å². The van der Waals surface area contributed by atoms with Crippen molar-refractivity contribution in [3.63, 3.8) is 0 Å². The second kappa shape index (κ2) is 9.11. The Kier molecular flexibility index (Phi) is 6.86. The maximum absolute atomic E-state index is 12.2. The van der Waals surface area contributed by atoms with E-state index in [1.54, 1.807) is 31.2 Å². The van der Waals surface area contributed by atoms with Gasteiger partial charge in [0, 0.05) is 10.6 Å². The van der Waals surface area contributed by atoms with E-state index in [1.807, 2.05) is 31.2 Å². The number of carbonyl (C=O) groups is 1. The highest BCUT2D eigenvalue weighted by Crippen LogP contribution is 2.25. The third-order valence-electron chi connectivity index (χ3n) is 3.42. The van der Waals surface area contributed by atoms with E-state index < -0.39 is 5.97 Å². The topological polar surface area (TPSA) is 56.8 Å². The molecule has 0 bridgehead atoms. The number of halogens is 1. The molecule has 6 heteroatoms. The van der Waals surface area contributed by atoms with E-state index >= 15 is 0 Å². The van der Waals surface area contributed by atoms with Crippen molar-refractivity contribution in [1.29, 1.82) is 0 Å². The molecule has 2 rings (SSSR count). The van der Waals surface area contributed by atoms with E-state index in [9.17, 15) is 4.79 Å². The fourth-order valence-electron chi connectivity index (χ4n) is 2.14. The maximum Gasteiger partial charge on any atom is 0.361 e. The summed E-state index contributed by atoms with van der Waals surface area (Å²) in [5.41, 5.74) is 4.38. The van der Waals surface area contributed by atoms with Crippen LogP contribution >= 0.6 is 11.6 Å². The third kappa shape index (κ3) is 5.24. The van der Waals surface area contributed by atoms with Gasteiger partial charge in [0.05, 0.1) is 7.11 Å². The van der Waals surface area contributed by atoms with Gasteiger partial charge < -0.3 is 9.47 Å². The van der Waals surface area contributed by atoms with Gasteiger partial charge in [-0.05, 0) is 43.7 Å². The van der Waals surface area contributed by atoms with Crippen molar-refractivity contribution in [2.75, 3.05) is 7.11 Å². The molecule has 0 fully saturated rings. The highest BCUT2D eigenvalue weighted by Gasteiger charge is 2.14. The Hall–Kier alpha value is -2.50. The zero-order valence-electron chi connectivity index (χ0n) is 14.3. The van der Waals surface area contributed by atoms with Gasteiger partial charge in [0.15, 0.2) is 0 Å². The first-order valence-corrected chi connectivity index (χ1v) is 8.07. The van der Waals surface area contributed by atoms with Crippen molar-refractivity contribution in [3.8, 4) is 11.5 Å². The minimum absolute atomic E-state index is 0.215. The van der Waals surface area contributed by atoms with Gasteiger partial charge in [0.25, 0.3) is 0 Å². The predicted molar refractivity (Wildman–Crippen MR) is 96.5 cm³/mol. The van der Waals surface area contributed by atoms with Gasteiger partial charge in [-0.2, -0.15) is 0 Å². The summed E-state index contributed by atoms with van der Waals surface area (Å²) in [7, 11) is 1.42. The van der Waals surface area contributed by atoms with E-state index in [0.29, 0.717) is 10.8 Å². The van der Waals surface area contributed by atoms with Crippen LogP contribution in [-0.2, 0) is 16.2 Å². The fraction of sp³-hybridized carbons (Fsp3) is 0.211. The van der Waals surface area contributed by atoms with E-state index in [-0.39, 0.29) is 12.3 Å². The van der Waals surface area contributed by atoms with E-state index in [0.717, 1.165) is 16.9 Å². The summed E-state index contributed by atoms with van der Waals surface area (Å²) in [5.74, 6) is 0.608. The second-order valence-corrected chi connectivity index (χ2v) is 5.64. The first kappa shape index (κ1) is 18.8. The van der Waals surface area contributed by atoms with Gasteiger partial charge >= 0.3 is 5.97 Å². The van der Waals surface area contributed by atoms with Crippen LogP contribution in [0.2, 0.25) is 5.02 Å². The largest absolute Gasteiger partial charge is 0.488 e. The number of aryl methyl sites for hydroxylation is 1. The van der Waals surface area contributed by atoms with Crippen molar-refractivity contribution >= 4 is 17.6 Å². The first-order valence-electron chi connectivity index (χ1n) is 7.69. The SMILES string of the molecule is CC=C(NOC)C(=O)Oc1ccccc1COc1ccc(Cl)cc1C. The molecule has 0 aliphatic carbocycles. The Morgan fingerprint density at radius 1 is 1.20 bits per heavy atom. The maximum atomic E-state index is 12.2. The zero-order chi connectivity index (χ0) is 18.2. The molecule has 0 aliphatic heterocycles. The number of allylic oxidation sites excluding steroid dienone is 1. The number of ether oxygens (including phenoxy) is 2. The summed E-state index contributed by atoms with van der Waals surface area (Å²) in [4.78, 5) is 16.9. The molecule has 25 heavy (non-hydrogen) atoms. The molecule has 5 nitrogen and oxygen atoms in total. The number of nitrogens with one attached hydrogen (secondary N) is 1. The van der Waals surface area contributed by atoms with Crippen molar-refractivity contribution < 1.29 is 19.1 Å². The minimum Gasteiger partial charge on any atom is -0.488 e. The molecule has 2 aromatic carbocycles. The molecule has 0 aliphatic rings. The van der Waals surface area contributed by atoms with Crippen molar-refractivity contribution in [2.24, 2.45) is 0 Å². The van der Waals surface area contributed by atoms with Crippen molar-refractivity contribution in [1.82, 2.24) is 5.48 Å². The summed E-state index contributed by atoms with van der Waals surface area (Å²) in [5, 5.41) is 0.656. The number of rotatable bonds is 7. The third-order valence-corrected chi connectivity index (χ3v) is 3.65. The van der Waals surface area contributed by atoms with Gasteiger partial charge in [-0.15, -0.1) is 0 Å². The van der Waals surface area contributed by atoms with E-state index in [4.69, 9.17) is 25.9 Å². The average molecular weight is 362 g/mol. The molecule has 0 amide bonds. The fourth-order valence-corrected chi connectivity index (χ4v) is 2.36. The van der Waals surface area contributed by atoms with Crippen LogP contribution in [0.15, 0.2) is 54.2 Å². The Labute approximate surface area is 152 Å². The van der Waals surface area contributed by atoms with Crippen LogP contribution in [0, 0.1) is 6.92 Å². The van der Waals surface area contributed by atoms with Crippen LogP contribution in [0.4, 0.5) is 0 Å². The average Bonchev–Trinajstić information content (AvgIpc) is 2.60. The molecule has 2 aromatic rings. The Morgan fingerprint density at radius 3 is 2.64 bits per heavy atom. The van der Waals surface area contributed by atoms with Crippen LogP contribution in [0.5, 0.6) is 11.5 Å². The lowest BCUT2D eigenvalue weighted by Gasteiger charge is -2.13. The molecule has 0 unspecified atom stereocenters. The van der Waals surface area contributed by atoms with Gasteiger partial charge in [0.1, 0.15) is 23.8 Å². The van der Waals surface area contributed by atoms with E-state index in [1.165, 1.54) is 7.11 Å². The number of hydrogen-bond acceptors (Lipinski definition) is 5. The lowest BCUT2D eigenvalue weighted by Crippen LogP contribution is -2.23. The van der Waals surface area contributed by atoms with Crippen LogP contribution in [-0.4, -0.2) is 13.1 Å². The summed E-state index contributed by atoms with van der Waals surface area (Å²) in [6.07, 6.45) is 1.57. The summed E-state index contributed by atoms with van der Waals surface area (Å²) in [6.45, 7) is 3.89. The number of benzene rings is 2. The molecule has 132 valence electrons. The highest BCUT2D eigenvalue weighted by molar-refractivity contribution is 6.30. The lowest BCUT2D eigenvalue weighted by molar-refractivity contribution is -0.132. The highest BCUT2D eigenvalue weighted by atomic mass is 35.5. The number of hydrogen-bond donors (Lipinski definition) is 1. The molecule has 0 atom stereocenters. The summed E-state index contributed by atoms with van der Waals surface area (Å²) >= 11 is 5.95. The van der Waals surface area contributed by atoms with E-state index in [2.05, 4.69) is 5.48 Å². The van der Waals surface area contributed by atoms with Gasteiger partial charge in [0.2, 0.25) is 0 Å². The van der Waals surface area contributed by atoms with Crippen LogP contribution in [0.3, 0.4) is 0 Å².